The fraction of sp³-hybridized carbons (Fsp3) is 0.600. The molecule has 0 spiro atoms. The van der Waals surface area contributed by atoms with Gasteiger partial charge in [0.05, 0.1) is 20.3 Å². The van der Waals surface area contributed by atoms with Crippen LogP contribution < -0.4 is 14.8 Å². The number of benzene rings is 1. The number of guanidine groups is 1. The number of rotatable bonds is 7. The average molecular weight is 520 g/mol. The molecular weight excluding hydrogens is 487 g/mol. The SMILES string of the molecule is CCNC(=NCC(C)Oc1ccccc1OC)N1CCN(C(=O)OCC)CC1.I. The van der Waals surface area contributed by atoms with Gasteiger partial charge >= 0.3 is 6.09 Å². The van der Waals surface area contributed by atoms with Crippen LogP contribution in [0.3, 0.4) is 0 Å². The van der Waals surface area contributed by atoms with Gasteiger partial charge in [0.15, 0.2) is 17.5 Å². The van der Waals surface area contributed by atoms with E-state index < -0.39 is 0 Å². The van der Waals surface area contributed by atoms with Gasteiger partial charge in [0.2, 0.25) is 0 Å². The third-order valence-electron chi connectivity index (χ3n) is 4.34. The van der Waals surface area contributed by atoms with Gasteiger partial charge in [-0.25, -0.2) is 9.79 Å². The molecule has 1 aromatic carbocycles. The van der Waals surface area contributed by atoms with Crippen LogP contribution in [0.1, 0.15) is 20.8 Å². The summed E-state index contributed by atoms with van der Waals surface area (Å²) in [7, 11) is 1.63. The molecule has 0 aromatic heterocycles. The number of nitrogens with zero attached hydrogens (tertiary/aromatic N) is 3. The first-order valence-electron chi connectivity index (χ1n) is 9.83. The monoisotopic (exact) mass is 520 g/mol. The molecule has 1 N–H and O–H groups in total. The Morgan fingerprint density at radius 1 is 1.14 bits per heavy atom. The number of amides is 1. The first-order valence-corrected chi connectivity index (χ1v) is 9.83. The molecule has 0 aliphatic carbocycles. The zero-order valence-corrected chi connectivity index (χ0v) is 20.0. The van der Waals surface area contributed by atoms with Crippen molar-refractivity contribution in [1.29, 1.82) is 0 Å². The Bertz CT molecular complexity index is 651. The molecule has 164 valence electrons. The van der Waals surface area contributed by atoms with Crippen molar-refractivity contribution < 1.29 is 19.0 Å². The molecular formula is C20H33IN4O4. The fourth-order valence-corrected chi connectivity index (χ4v) is 2.93. The number of piperazine rings is 1. The lowest BCUT2D eigenvalue weighted by Crippen LogP contribution is -2.54. The Morgan fingerprint density at radius 2 is 1.76 bits per heavy atom. The number of methoxy groups -OCH3 is 1. The number of hydrogen-bond acceptors (Lipinski definition) is 5. The van der Waals surface area contributed by atoms with E-state index in [0.29, 0.717) is 50.8 Å². The third-order valence-corrected chi connectivity index (χ3v) is 4.34. The van der Waals surface area contributed by atoms with Crippen LogP contribution in [0.15, 0.2) is 29.3 Å². The van der Waals surface area contributed by atoms with Crippen LogP contribution in [-0.4, -0.2) is 80.9 Å². The van der Waals surface area contributed by atoms with Gasteiger partial charge < -0.3 is 29.3 Å². The van der Waals surface area contributed by atoms with Crippen LogP contribution in [0, 0.1) is 0 Å². The van der Waals surface area contributed by atoms with E-state index in [0.717, 1.165) is 12.5 Å². The lowest BCUT2D eigenvalue weighted by molar-refractivity contribution is 0.0914. The maximum absolute atomic E-state index is 11.9. The van der Waals surface area contributed by atoms with Crippen LogP contribution in [-0.2, 0) is 4.74 Å². The fourth-order valence-electron chi connectivity index (χ4n) is 2.93. The van der Waals surface area contributed by atoms with E-state index in [1.54, 1.807) is 12.0 Å². The second-order valence-electron chi connectivity index (χ2n) is 6.45. The second kappa shape index (κ2) is 13.3. The van der Waals surface area contributed by atoms with Crippen LogP contribution in [0.2, 0.25) is 0 Å². The molecule has 1 saturated heterocycles. The summed E-state index contributed by atoms with van der Waals surface area (Å²) >= 11 is 0. The smallest absolute Gasteiger partial charge is 0.409 e. The van der Waals surface area contributed by atoms with E-state index in [4.69, 9.17) is 19.2 Å². The number of nitrogens with one attached hydrogen (secondary N) is 1. The van der Waals surface area contributed by atoms with Crippen molar-refractivity contribution in [1.82, 2.24) is 15.1 Å². The van der Waals surface area contributed by atoms with E-state index in [9.17, 15) is 4.79 Å². The van der Waals surface area contributed by atoms with E-state index in [2.05, 4.69) is 10.2 Å². The highest BCUT2D eigenvalue weighted by atomic mass is 127. The third kappa shape index (κ3) is 7.79. The highest BCUT2D eigenvalue weighted by Gasteiger charge is 2.23. The molecule has 1 aliphatic heterocycles. The summed E-state index contributed by atoms with van der Waals surface area (Å²) < 4.78 is 16.4. The molecule has 0 saturated carbocycles. The molecule has 8 nitrogen and oxygen atoms in total. The quantitative estimate of drug-likeness (QED) is 0.339. The Morgan fingerprint density at radius 3 is 2.34 bits per heavy atom. The molecule has 1 aliphatic rings. The van der Waals surface area contributed by atoms with Gasteiger partial charge in [0, 0.05) is 32.7 Å². The maximum atomic E-state index is 11.9. The molecule has 2 rings (SSSR count). The van der Waals surface area contributed by atoms with Gasteiger partial charge in [-0.1, -0.05) is 12.1 Å². The zero-order valence-electron chi connectivity index (χ0n) is 17.7. The molecule has 1 amide bonds. The van der Waals surface area contributed by atoms with E-state index >= 15 is 0 Å². The average Bonchev–Trinajstić information content (AvgIpc) is 2.72. The minimum atomic E-state index is -0.247. The van der Waals surface area contributed by atoms with Crippen LogP contribution in [0.5, 0.6) is 11.5 Å². The van der Waals surface area contributed by atoms with Crippen molar-refractivity contribution in [2.24, 2.45) is 4.99 Å². The summed E-state index contributed by atoms with van der Waals surface area (Å²) in [6, 6.07) is 7.59. The number of halogens is 1. The van der Waals surface area contributed by atoms with Crippen LogP contribution in [0.25, 0.3) is 0 Å². The topological polar surface area (TPSA) is 75.6 Å². The molecule has 9 heteroatoms. The molecule has 0 radical (unpaired) electrons. The minimum Gasteiger partial charge on any atom is -0.493 e. The second-order valence-corrected chi connectivity index (χ2v) is 6.45. The number of carbonyl (C=O) groups excluding carboxylic acids is 1. The number of aliphatic imine (C=N–C) groups is 1. The van der Waals surface area contributed by atoms with Crippen molar-refractivity contribution in [3.63, 3.8) is 0 Å². The van der Waals surface area contributed by atoms with Gasteiger partial charge in [-0.2, -0.15) is 0 Å². The Hall–Kier alpha value is -1.91. The first-order chi connectivity index (χ1) is 13.6. The maximum Gasteiger partial charge on any atom is 0.409 e. The van der Waals surface area contributed by atoms with E-state index in [-0.39, 0.29) is 36.2 Å². The molecule has 1 unspecified atom stereocenters. The van der Waals surface area contributed by atoms with Crippen LogP contribution >= 0.6 is 24.0 Å². The molecule has 1 atom stereocenters. The lowest BCUT2D eigenvalue weighted by atomic mass is 10.3. The van der Waals surface area contributed by atoms with Crippen molar-refractivity contribution in [2.75, 3.05) is 53.0 Å². The van der Waals surface area contributed by atoms with Gasteiger partial charge in [0.25, 0.3) is 0 Å². The normalized spacial score (nSPS) is 15.2. The summed E-state index contributed by atoms with van der Waals surface area (Å²) in [4.78, 5) is 20.5. The summed E-state index contributed by atoms with van der Waals surface area (Å²) in [5, 5.41) is 3.32. The largest absolute Gasteiger partial charge is 0.493 e. The van der Waals surface area contributed by atoms with Crippen molar-refractivity contribution in [3.8, 4) is 11.5 Å². The Labute approximate surface area is 190 Å². The number of carbonyl (C=O) groups is 1. The molecule has 29 heavy (non-hydrogen) atoms. The summed E-state index contributed by atoms with van der Waals surface area (Å²) in [5.41, 5.74) is 0. The number of ether oxygens (including phenoxy) is 3. The summed E-state index contributed by atoms with van der Waals surface area (Å²) in [5.74, 6) is 2.25. The van der Waals surface area contributed by atoms with Crippen molar-refractivity contribution in [2.45, 2.75) is 26.9 Å². The number of hydrogen-bond donors (Lipinski definition) is 1. The zero-order chi connectivity index (χ0) is 20.4. The van der Waals surface area contributed by atoms with E-state index in [1.165, 1.54) is 0 Å². The number of para-hydroxylation sites is 2. The first kappa shape index (κ1) is 25.1. The Balaban J connectivity index is 0.00000420. The molecule has 1 heterocycles. The molecule has 0 bridgehead atoms. The van der Waals surface area contributed by atoms with Gasteiger partial charge in [-0.05, 0) is 32.9 Å². The van der Waals surface area contributed by atoms with Gasteiger partial charge in [-0.15, -0.1) is 24.0 Å². The summed E-state index contributed by atoms with van der Waals surface area (Å²) in [6.45, 7) is 10.2. The van der Waals surface area contributed by atoms with E-state index in [1.807, 2.05) is 45.0 Å². The molecule has 1 aromatic rings. The van der Waals surface area contributed by atoms with Crippen molar-refractivity contribution in [3.05, 3.63) is 24.3 Å². The van der Waals surface area contributed by atoms with Crippen LogP contribution in [0.4, 0.5) is 4.79 Å². The Kier molecular flexibility index (Phi) is 11.6. The minimum absolute atomic E-state index is 0. The predicted octanol–water partition coefficient (Wildman–Crippen LogP) is 2.82. The molecule has 1 fully saturated rings. The summed E-state index contributed by atoms with van der Waals surface area (Å²) in [6.07, 6.45) is -0.353. The van der Waals surface area contributed by atoms with Crippen molar-refractivity contribution >= 4 is 36.0 Å². The lowest BCUT2D eigenvalue weighted by Gasteiger charge is -2.36. The highest BCUT2D eigenvalue weighted by molar-refractivity contribution is 14.0. The van der Waals surface area contributed by atoms with Gasteiger partial charge in [0.1, 0.15) is 6.10 Å². The predicted molar refractivity (Wildman–Crippen MR) is 125 cm³/mol. The van der Waals surface area contributed by atoms with Gasteiger partial charge in [-0.3, -0.25) is 0 Å². The standard InChI is InChI=1S/C20H32N4O4.HI/c1-5-21-19(23-11-13-24(14-12-23)20(25)27-6-2)22-15-16(3)28-18-10-8-7-9-17(18)26-4;/h7-10,16H,5-6,11-15H2,1-4H3,(H,21,22);1H. The highest BCUT2D eigenvalue weighted by Crippen LogP contribution is 2.26.